The molecule has 27 heavy (non-hydrogen) atoms. The van der Waals surface area contributed by atoms with Gasteiger partial charge in [0.2, 0.25) is 0 Å². The number of rotatable bonds is 11. The normalized spacial score (nSPS) is 11.5. The highest BCUT2D eigenvalue weighted by atomic mass is 16.5. The largest absolute Gasteiger partial charge is 0.494 e. The fourth-order valence-corrected chi connectivity index (χ4v) is 2.56. The van der Waals surface area contributed by atoms with Gasteiger partial charge in [-0.15, -0.1) is 0 Å². The van der Waals surface area contributed by atoms with Crippen LogP contribution in [0.15, 0.2) is 48.5 Å². The predicted molar refractivity (Wildman–Crippen MR) is 108 cm³/mol. The molecule has 0 heterocycles. The molecule has 1 N–H and O–H groups in total. The van der Waals surface area contributed by atoms with Crippen molar-refractivity contribution in [2.45, 2.75) is 45.6 Å². The summed E-state index contributed by atoms with van der Waals surface area (Å²) < 4.78 is 16.7. The molecule has 0 radical (unpaired) electrons. The number of hydrogen-bond donors (Lipinski definition) is 1. The van der Waals surface area contributed by atoms with E-state index in [1.807, 2.05) is 36.4 Å². The molecule has 2 rings (SSSR count). The Morgan fingerprint density at radius 2 is 1.70 bits per heavy atom. The van der Waals surface area contributed by atoms with Gasteiger partial charge in [-0.05, 0) is 49.7 Å². The highest BCUT2D eigenvalue weighted by Crippen LogP contribution is 2.27. The second kappa shape index (κ2) is 11.1. The quantitative estimate of drug-likeness (QED) is 0.561. The first-order valence-electron chi connectivity index (χ1n) is 9.47. The van der Waals surface area contributed by atoms with Crippen molar-refractivity contribution in [1.82, 2.24) is 0 Å². The first kappa shape index (κ1) is 20.6. The van der Waals surface area contributed by atoms with Gasteiger partial charge in [-0.25, -0.2) is 0 Å². The molecule has 0 aliphatic heterocycles. The van der Waals surface area contributed by atoms with E-state index in [4.69, 9.17) is 14.2 Å². The minimum Gasteiger partial charge on any atom is -0.494 e. The first-order chi connectivity index (χ1) is 13.1. The van der Waals surface area contributed by atoms with Crippen LogP contribution in [0, 0.1) is 0 Å². The lowest BCUT2D eigenvalue weighted by Crippen LogP contribution is -2.30. The fraction of sp³-hybridized carbons (Fsp3) is 0.409. The van der Waals surface area contributed by atoms with Crippen molar-refractivity contribution < 1.29 is 19.0 Å². The van der Waals surface area contributed by atoms with E-state index in [1.165, 1.54) is 19.3 Å². The summed E-state index contributed by atoms with van der Waals surface area (Å²) in [6, 6.07) is 14.6. The van der Waals surface area contributed by atoms with Gasteiger partial charge in [0.15, 0.2) is 17.6 Å². The van der Waals surface area contributed by atoms with Gasteiger partial charge in [-0.2, -0.15) is 0 Å². The third-order valence-corrected chi connectivity index (χ3v) is 4.13. The zero-order valence-electron chi connectivity index (χ0n) is 16.4. The summed E-state index contributed by atoms with van der Waals surface area (Å²) in [6.45, 7) is 4.61. The van der Waals surface area contributed by atoms with E-state index >= 15 is 0 Å². The Labute approximate surface area is 161 Å². The summed E-state index contributed by atoms with van der Waals surface area (Å²) in [5.74, 6) is 1.71. The molecular weight excluding hydrogens is 342 g/mol. The van der Waals surface area contributed by atoms with Gasteiger partial charge < -0.3 is 19.5 Å². The zero-order valence-corrected chi connectivity index (χ0v) is 16.4. The van der Waals surface area contributed by atoms with Crippen molar-refractivity contribution >= 4 is 11.6 Å². The highest BCUT2D eigenvalue weighted by molar-refractivity contribution is 5.94. The summed E-state index contributed by atoms with van der Waals surface area (Å²) in [6.07, 6.45) is 4.05. The van der Waals surface area contributed by atoms with Crippen molar-refractivity contribution in [3.8, 4) is 17.2 Å². The molecule has 0 unspecified atom stereocenters. The number of benzene rings is 2. The number of carbonyl (C=O) groups is 1. The molecule has 5 heteroatoms. The Bertz CT molecular complexity index is 700. The summed E-state index contributed by atoms with van der Waals surface area (Å²) in [4.78, 5) is 12.4. The lowest BCUT2D eigenvalue weighted by atomic mass is 10.2. The Morgan fingerprint density at radius 3 is 2.37 bits per heavy atom. The van der Waals surface area contributed by atoms with E-state index in [1.54, 1.807) is 26.2 Å². The molecule has 0 fully saturated rings. The third-order valence-electron chi connectivity index (χ3n) is 4.13. The topological polar surface area (TPSA) is 56.8 Å². The SMILES string of the molecule is CCCCCCOc1ccc(NC(=O)[C@H](C)Oc2ccccc2OC)cc1. The van der Waals surface area contributed by atoms with Crippen LogP contribution in [0.1, 0.15) is 39.5 Å². The van der Waals surface area contributed by atoms with Gasteiger partial charge >= 0.3 is 0 Å². The van der Waals surface area contributed by atoms with E-state index in [2.05, 4.69) is 12.2 Å². The molecule has 0 spiro atoms. The fourth-order valence-electron chi connectivity index (χ4n) is 2.56. The van der Waals surface area contributed by atoms with Crippen LogP contribution in [0.2, 0.25) is 0 Å². The first-order valence-corrected chi connectivity index (χ1v) is 9.47. The third kappa shape index (κ3) is 6.85. The number of unbranched alkanes of at least 4 members (excludes halogenated alkanes) is 3. The van der Waals surface area contributed by atoms with Gasteiger partial charge in [0.1, 0.15) is 5.75 Å². The van der Waals surface area contributed by atoms with Crippen LogP contribution < -0.4 is 19.5 Å². The summed E-state index contributed by atoms with van der Waals surface area (Å²) in [5.41, 5.74) is 0.703. The van der Waals surface area contributed by atoms with Crippen LogP contribution >= 0.6 is 0 Å². The maximum absolute atomic E-state index is 12.4. The van der Waals surface area contributed by atoms with Crippen molar-refractivity contribution in [2.24, 2.45) is 0 Å². The number of hydrogen-bond acceptors (Lipinski definition) is 4. The van der Waals surface area contributed by atoms with Crippen LogP contribution in [-0.2, 0) is 4.79 Å². The molecule has 0 saturated heterocycles. The second-order valence-electron chi connectivity index (χ2n) is 6.33. The number of methoxy groups -OCH3 is 1. The van der Waals surface area contributed by atoms with E-state index in [0.29, 0.717) is 17.2 Å². The van der Waals surface area contributed by atoms with E-state index < -0.39 is 6.10 Å². The molecule has 0 aliphatic carbocycles. The van der Waals surface area contributed by atoms with Gasteiger partial charge in [-0.3, -0.25) is 4.79 Å². The molecule has 0 saturated carbocycles. The molecule has 1 atom stereocenters. The molecule has 146 valence electrons. The molecular formula is C22H29NO4. The van der Waals surface area contributed by atoms with Crippen molar-refractivity contribution in [3.05, 3.63) is 48.5 Å². The molecule has 0 bridgehead atoms. The molecule has 0 aromatic heterocycles. The van der Waals surface area contributed by atoms with Crippen LogP contribution in [0.4, 0.5) is 5.69 Å². The molecule has 5 nitrogen and oxygen atoms in total. The van der Waals surface area contributed by atoms with E-state index in [0.717, 1.165) is 18.8 Å². The average molecular weight is 371 g/mol. The molecule has 1 amide bonds. The molecule has 2 aromatic rings. The number of nitrogens with one attached hydrogen (secondary N) is 1. The van der Waals surface area contributed by atoms with Crippen LogP contribution in [-0.4, -0.2) is 25.7 Å². The summed E-state index contributed by atoms with van der Waals surface area (Å²) in [7, 11) is 1.57. The van der Waals surface area contributed by atoms with Gasteiger partial charge in [0.25, 0.3) is 5.91 Å². The monoisotopic (exact) mass is 371 g/mol. The number of amides is 1. The lowest BCUT2D eigenvalue weighted by Gasteiger charge is -2.16. The standard InChI is InChI=1S/C22H29NO4/c1-4-5-6-9-16-26-19-14-12-18(13-15-19)23-22(24)17(2)27-21-11-8-7-10-20(21)25-3/h7-8,10-15,17H,4-6,9,16H2,1-3H3,(H,23,24)/t17-/m0/s1. The smallest absolute Gasteiger partial charge is 0.265 e. The lowest BCUT2D eigenvalue weighted by molar-refractivity contribution is -0.122. The number of anilines is 1. The van der Waals surface area contributed by atoms with Crippen LogP contribution in [0.25, 0.3) is 0 Å². The average Bonchev–Trinajstić information content (AvgIpc) is 2.69. The zero-order chi connectivity index (χ0) is 19.5. The van der Waals surface area contributed by atoms with Crippen molar-refractivity contribution in [2.75, 3.05) is 19.0 Å². The van der Waals surface area contributed by atoms with Gasteiger partial charge in [0.05, 0.1) is 13.7 Å². The maximum Gasteiger partial charge on any atom is 0.265 e. The number of para-hydroxylation sites is 2. The van der Waals surface area contributed by atoms with Crippen LogP contribution in [0.3, 0.4) is 0 Å². The van der Waals surface area contributed by atoms with Crippen molar-refractivity contribution in [3.63, 3.8) is 0 Å². The van der Waals surface area contributed by atoms with Crippen molar-refractivity contribution in [1.29, 1.82) is 0 Å². The minimum atomic E-state index is -0.657. The molecule has 0 aliphatic rings. The second-order valence-corrected chi connectivity index (χ2v) is 6.33. The van der Waals surface area contributed by atoms with E-state index in [-0.39, 0.29) is 5.91 Å². The number of ether oxygens (including phenoxy) is 3. The Morgan fingerprint density at radius 1 is 1.00 bits per heavy atom. The Hall–Kier alpha value is -2.69. The Kier molecular flexibility index (Phi) is 8.49. The van der Waals surface area contributed by atoms with E-state index in [9.17, 15) is 4.79 Å². The van der Waals surface area contributed by atoms with Gasteiger partial charge in [-0.1, -0.05) is 38.3 Å². The minimum absolute atomic E-state index is 0.228. The number of carbonyl (C=O) groups excluding carboxylic acids is 1. The van der Waals surface area contributed by atoms with Crippen LogP contribution in [0.5, 0.6) is 17.2 Å². The summed E-state index contributed by atoms with van der Waals surface area (Å²) in [5, 5.41) is 2.85. The maximum atomic E-state index is 12.4. The highest BCUT2D eigenvalue weighted by Gasteiger charge is 2.16. The van der Waals surface area contributed by atoms with Gasteiger partial charge in [0, 0.05) is 5.69 Å². The molecule has 2 aromatic carbocycles. The summed E-state index contributed by atoms with van der Waals surface area (Å²) >= 11 is 0. The Balaban J connectivity index is 1.82. The predicted octanol–water partition coefficient (Wildman–Crippen LogP) is 5.06.